The number of anilines is 1. The Morgan fingerprint density at radius 1 is 1.25 bits per heavy atom. The van der Waals surface area contributed by atoms with Crippen LogP contribution in [0.1, 0.15) is 18.7 Å². The van der Waals surface area contributed by atoms with Crippen LogP contribution in [0.25, 0.3) is 0 Å². The maximum atomic E-state index is 6.07. The van der Waals surface area contributed by atoms with E-state index in [4.69, 9.17) is 16.3 Å². The van der Waals surface area contributed by atoms with Crippen molar-refractivity contribution in [1.29, 1.82) is 0 Å². The molecule has 5 nitrogen and oxygen atoms in total. The third-order valence-electron chi connectivity index (χ3n) is 3.91. The highest BCUT2D eigenvalue weighted by molar-refractivity contribution is 6.29. The Hall–Kier alpha value is -0.910. The van der Waals surface area contributed by atoms with E-state index in [1.54, 1.807) is 7.11 Å². The van der Waals surface area contributed by atoms with Crippen LogP contribution < -0.4 is 4.90 Å². The van der Waals surface area contributed by atoms with E-state index in [9.17, 15) is 0 Å². The zero-order chi connectivity index (χ0) is 13.9. The number of ether oxygens (including phenoxy) is 1. The normalized spacial score (nSPS) is 20.4. The summed E-state index contributed by atoms with van der Waals surface area (Å²) in [4.78, 5) is 13.6. The smallest absolute Gasteiger partial charge is 0.158 e. The first-order valence-electron chi connectivity index (χ1n) is 7.24. The van der Waals surface area contributed by atoms with Gasteiger partial charge < -0.3 is 9.64 Å². The average Bonchev–Trinajstić information content (AvgIpc) is 3.23. The third kappa shape index (κ3) is 3.59. The molecule has 6 heteroatoms. The standard InChI is InChI=1S/C14H21ClN4O/c1-20-10-13-16-12(15)8-14(17-13)19-6-4-18(5-7-19)9-11-2-3-11/h8,11H,2-7,9-10H2,1H3. The fraction of sp³-hybridized carbons (Fsp3) is 0.714. The van der Waals surface area contributed by atoms with Crippen LogP contribution in [0.4, 0.5) is 5.82 Å². The second kappa shape index (κ2) is 6.24. The molecule has 1 aromatic rings. The molecule has 3 rings (SSSR count). The second-order valence-electron chi connectivity index (χ2n) is 5.63. The first-order chi connectivity index (χ1) is 9.74. The number of nitrogens with zero attached hydrogens (tertiary/aromatic N) is 4. The predicted octanol–water partition coefficient (Wildman–Crippen LogP) is 1.81. The van der Waals surface area contributed by atoms with Crippen LogP contribution >= 0.6 is 11.6 Å². The lowest BCUT2D eigenvalue weighted by Gasteiger charge is -2.35. The van der Waals surface area contributed by atoms with E-state index in [1.165, 1.54) is 19.4 Å². The Kier molecular flexibility index (Phi) is 4.38. The van der Waals surface area contributed by atoms with Crippen molar-refractivity contribution in [3.05, 3.63) is 17.0 Å². The van der Waals surface area contributed by atoms with Crippen LogP contribution in [0.5, 0.6) is 0 Å². The molecule has 1 saturated carbocycles. The van der Waals surface area contributed by atoms with Gasteiger partial charge in [-0.2, -0.15) is 0 Å². The molecule has 0 amide bonds. The van der Waals surface area contributed by atoms with Crippen LogP contribution in [0.3, 0.4) is 0 Å². The van der Waals surface area contributed by atoms with Gasteiger partial charge in [0, 0.05) is 45.9 Å². The van der Waals surface area contributed by atoms with E-state index in [0.717, 1.165) is 37.9 Å². The molecule has 0 aromatic carbocycles. The number of rotatable bonds is 5. The number of hydrogen-bond donors (Lipinski definition) is 0. The number of methoxy groups -OCH3 is 1. The maximum absolute atomic E-state index is 6.07. The molecule has 0 atom stereocenters. The van der Waals surface area contributed by atoms with Crippen LogP contribution in [-0.2, 0) is 11.3 Å². The van der Waals surface area contributed by atoms with E-state index in [-0.39, 0.29) is 0 Å². The summed E-state index contributed by atoms with van der Waals surface area (Å²) in [6, 6.07) is 1.84. The first kappa shape index (κ1) is 14.0. The number of piperazine rings is 1. The van der Waals surface area contributed by atoms with Gasteiger partial charge in [-0.25, -0.2) is 9.97 Å². The monoisotopic (exact) mass is 296 g/mol. The topological polar surface area (TPSA) is 41.5 Å². The summed E-state index contributed by atoms with van der Waals surface area (Å²) in [5.41, 5.74) is 0. The Balaban J connectivity index is 1.61. The van der Waals surface area contributed by atoms with Crippen LogP contribution in [0, 0.1) is 5.92 Å². The summed E-state index contributed by atoms with van der Waals surface area (Å²) in [5.74, 6) is 2.53. The van der Waals surface area contributed by atoms with Crippen molar-refractivity contribution >= 4 is 17.4 Å². The molecule has 0 bridgehead atoms. The molecule has 20 heavy (non-hydrogen) atoms. The van der Waals surface area contributed by atoms with Crippen LogP contribution in [0.15, 0.2) is 6.07 Å². The lowest BCUT2D eigenvalue weighted by Crippen LogP contribution is -2.47. The zero-order valence-electron chi connectivity index (χ0n) is 11.9. The fourth-order valence-electron chi connectivity index (χ4n) is 2.63. The van der Waals surface area contributed by atoms with Gasteiger partial charge in [0.05, 0.1) is 0 Å². The highest BCUT2D eigenvalue weighted by atomic mass is 35.5. The van der Waals surface area contributed by atoms with E-state index in [1.807, 2.05) is 6.07 Å². The van der Waals surface area contributed by atoms with E-state index < -0.39 is 0 Å². The number of hydrogen-bond acceptors (Lipinski definition) is 5. The Morgan fingerprint density at radius 2 is 2.00 bits per heavy atom. The van der Waals surface area contributed by atoms with Crippen molar-refractivity contribution in [2.45, 2.75) is 19.4 Å². The summed E-state index contributed by atoms with van der Waals surface area (Å²) in [6.07, 6.45) is 2.84. The van der Waals surface area contributed by atoms with E-state index >= 15 is 0 Å². The van der Waals surface area contributed by atoms with Crippen LogP contribution in [-0.4, -0.2) is 54.7 Å². The number of aromatic nitrogens is 2. The molecule has 2 heterocycles. The zero-order valence-corrected chi connectivity index (χ0v) is 12.6. The van der Waals surface area contributed by atoms with Crippen molar-refractivity contribution in [3.8, 4) is 0 Å². The molecule has 110 valence electrons. The molecule has 0 radical (unpaired) electrons. The summed E-state index contributed by atoms with van der Waals surface area (Å²) >= 11 is 6.07. The fourth-order valence-corrected chi connectivity index (χ4v) is 2.83. The van der Waals surface area contributed by atoms with Gasteiger partial charge >= 0.3 is 0 Å². The molecule has 2 fully saturated rings. The Labute approximate surface area is 124 Å². The summed E-state index contributed by atoms with van der Waals surface area (Å²) < 4.78 is 5.08. The summed E-state index contributed by atoms with van der Waals surface area (Å²) in [6.45, 7) is 5.90. The minimum Gasteiger partial charge on any atom is -0.377 e. The van der Waals surface area contributed by atoms with Crippen molar-refractivity contribution in [2.24, 2.45) is 5.92 Å². The maximum Gasteiger partial charge on any atom is 0.158 e. The highest BCUT2D eigenvalue weighted by Gasteiger charge is 2.26. The predicted molar refractivity (Wildman–Crippen MR) is 79.1 cm³/mol. The van der Waals surface area contributed by atoms with Crippen molar-refractivity contribution in [3.63, 3.8) is 0 Å². The molecular weight excluding hydrogens is 276 g/mol. The molecule has 0 unspecified atom stereocenters. The van der Waals surface area contributed by atoms with Gasteiger partial charge in [-0.15, -0.1) is 0 Å². The van der Waals surface area contributed by atoms with Gasteiger partial charge in [-0.3, -0.25) is 4.90 Å². The Morgan fingerprint density at radius 3 is 2.65 bits per heavy atom. The van der Waals surface area contributed by atoms with Gasteiger partial charge in [0.15, 0.2) is 5.82 Å². The van der Waals surface area contributed by atoms with Gasteiger partial charge in [0.2, 0.25) is 0 Å². The Bertz CT molecular complexity index is 458. The average molecular weight is 297 g/mol. The van der Waals surface area contributed by atoms with Gasteiger partial charge in [-0.1, -0.05) is 11.6 Å². The second-order valence-corrected chi connectivity index (χ2v) is 6.02. The lowest BCUT2D eigenvalue weighted by atomic mass is 10.3. The van der Waals surface area contributed by atoms with E-state index in [2.05, 4.69) is 19.8 Å². The SMILES string of the molecule is COCc1nc(Cl)cc(N2CCN(CC3CC3)CC2)n1. The molecular formula is C14H21ClN4O. The van der Waals surface area contributed by atoms with Gasteiger partial charge in [0.25, 0.3) is 0 Å². The first-order valence-corrected chi connectivity index (χ1v) is 7.62. The van der Waals surface area contributed by atoms with Crippen LogP contribution in [0.2, 0.25) is 5.15 Å². The molecule has 0 spiro atoms. The minimum atomic E-state index is 0.398. The lowest BCUT2D eigenvalue weighted by molar-refractivity contribution is 0.177. The van der Waals surface area contributed by atoms with Crippen molar-refractivity contribution in [2.75, 3.05) is 44.7 Å². The quantitative estimate of drug-likeness (QED) is 0.775. The van der Waals surface area contributed by atoms with E-state index in [0.29, 0.717) is 17.6 Å². The van der Waals surface area contributed by atoms with Gasteiger partial charge in [-0.05, 0) is 18.8 Å². The van der Waals surface area contributed by atoms with Crippen molar-refractivity contribution in [1.82, 2.24) is 14.9 Å². The third-order valence-corrected chi connectivity index (χ3v) is 4.10. The molecule has 1 aliphatic heterocycles. The van der Waals surface area contributed by atoms with Crippen molar-refractivity contribution < 1.29 is 4.74 Å². The number of halogens is 1. The molecule has 1 aromatic heterocycles. The highest BCUT2D eigenvalue weighted by Crippen LogP contribution is 2.30. The molecule has 1 aliphatic carbocycles. The molecule has 0 N–H and O–H groups in total. The minimum absolute atomic E-state index is 0.398. The molecule has 2 aliphatic rings. The largest absolute Gasteiger partial charge is 0.377 e. The summed E-state index contributed by atoms with van der Waals surface area (Å²) in [7, 11) is 1.64. The summed E-state index contributed by atoms with van der Waals surface area (Å²) in [5, 5.41) is 0.488. The van der Waals surface area contributed by atoms with Gasteiger partial charge in [0.1, 0.15) is 17.6 Å². The molecule has 1 saturated heterocycles.